The van der Waals surface area contributed by atoms with Gasteiger partial charge in [0.05, 0.1) is 24.6 Å². The van der Waals surface area contributed by atoms with Crippen LogP contribution >= 0.6 is 0 Å². The van der Waals surface area contributed by atoms with Crippen molar-refractivity contribution in [1.82, 2.24) is 0 Å². The van der Waals surface area contributed by atoms with Gasteiger partial charge in [0, 0.05) is 18.8 Å². The maximum atomic E-state index is 13.3. The summed E-state index contributed by atoms with van der Waals surface area (Å²) in [5.41, 5.74) is 12.1. The summed E-state index contributed by atoms with van der Waals surface area (Å²) in [5.74, 6) is -0.462. The van der Waals surface area contributed by atoms with Crippen LogP contribution in [-0.2, 0) is 4.74 Å². The van der Waals surface area contributed by atoms with E-state index in [0.29, 0.717) is 13.2 Å². The Morgan fingerprint density at radius 1 is 1.20 bits per heavy atom. The minimum absolute atomic E-state index is 0.0204. The van der Waals surface area contributed by atoms with Crippen LogP contribution in [-0.4, -0.2) is 26.3 Å². The van der Waals surface area contributed by atoms with Gasteiger partial charge in [0.25, 0.3) is 0 Å². The first kappa shape index (κ1) is 10.0. The summed E-state index contributed by atoms with van der Waals surface area (Å²) in [6.07, 6.45) is 0. The molecule has 0 saturated carbocycles. The van der Waals surface area contributed by atoms with E-state index in [1.807, 2.05) is 4.90 Å². The SMILES string of the molecule is Nc1cc(N2CCOCC2)cc(F)c1N. The molecule has 4 nitrogen and oxygen atoms in total. The number of anilines is 3. The van der Waals surface area contributed by atoms with Gasteiger partial charge in [0.2, 0.25) is 0 Å². The smallest absolute Gasteiger partial charge is 0.150 e. The van der Waals surface area contributed by atoms with Crippen molar-refractivity contribution in [3.05, 3.63) is 17.9 Å². The molecule has 5 heteroatoms. The highest BCUT2D eigenvalue weighted by atomic mass is 19.1. The normalized spacial score (nSPS) is 16.7. The molecule has 0 atom stereocenters. The summed E-state index contributed by atoms with van der Waals surface area (Å²) >= 11 is 0. The Morgan fingerprint density at radius 2 is 1.87 bits per heavy atom. The molecule has 0 spiro atoms. The molecule has 1 aliphatic heterocycles. The number of nitrogens with two attached hydrogens (primary N) is 2. The molecule has 0 radical (unpaired) electrons. The Hall–Kier alpha value is -1.49. The first-order valence-corrected chi connectivity index (χ1v) is 4.85. The second-order valence-corrected chi connectivity index (χ2v) is 3.53. The van der Waals surface area contributed by atoms with E-state index in [9.17, 15) is 4.39 Å². The second kappa shape index (κ2) is 3.94. The molecule has 1 fully saturated rings. The van der Waals surface area contributed by atoms with Crippen LogP contribution in [0.25, 0.3) is 0 Å². The van der Waals surface area contributed by atoms with Gasteiger partial charge in [-0.2, -0.15) is 0 Å². The van der Waals surface area contributed by atoms with Gasteiger partial charge >= 0.3 is 0 Å². The quantitative estimate of drug-likeness (QED) is 0.675. The fourth-order valence-corrected chi connectivity index (χ4v) is 1.63. The predicted octanol–water partition coefficient (Wildman–Crippen LogP) is 0.827. The zero-order valence-electron chi connectivity index (χ0n) is 8.37. The highest BCUT2D eigenvalue weighted by molar-refractivity contribution is 5.70. The number of hydrogen-bond donors (Lipinski definition) is 2. The van der Waals surface area contributed by atoms with E-state index >= 15 is 0 Å². The maximum Gasteiger partial charge on any atom is 0.150 e. The van der Waals surface area contributed by atoms with Gasteiger partial charge in [-0.15, -0.1) is 0 Å². The molecule has 1 aromatic carbocycles. The molecule has 0 unspecified atom stereocenters. The van der Waals surface area contributed by atoms with Crippen LogP contribution in [0.3, 0.4) is 0 Å². The number of hydrogen-bond acceptors (Lipinski definition) is 4. The Kier molecular flexibility index (Phi) is 2.64. The third-order valence-corrected chi connectivity index (χ3v) is 2.52. The van der Waals surface area contributed by atoms with E-state index in [2.05, 4.69) is 0 Å². The van der Waals surface area contributed by atoms with E-state index < -0.39 is 5.82 Å². The molecule has 1 saturated heterocycles. The van der Waals surface area contributed by atoms with Crippen LogP contribution < -0.4 is 16.4 Å². The van der Waals surface area contributed by atoms with Crippen molar-refractivity contribution in [3.63, 3.8) is 0 Å². The van der Waals surface area contributed by atoms with Crippen LogP contribution in [0.2, 0.25) is 0 Å². The zero-order valence-corrected chi connectivity index (χ0v) is 8.37. The number of nitrogen functional groups attached to an aromatic ring is 2. The summed E-state index contributed by atoms with van der Waals surface area (Å²) in [6.45, 7) is 2.82. The standard InChI is InChI=1S/C10H14FN3O/c11-8-5-7(6-9(12)10(8)13)14-1-3-15-4-2-14/h5-6H,1-4,12-13H2. The number of halogens is 1. The Balaban J connectivity index is 2.27. The maximum absolute atomic E-state index is 13.3. The number of nitrogens with zero attached hydrogens (tertiary/aromatic N) is 1. The molecule has 1 heterocycles. The lowest BCUT2D eigenvalue weighted by molar-refractivity contribution is 0.122. The first-order valence-electron chi connectivity index (χ1n) is 4.85. The number of morpholine rings is 1. The van der Waals surface area contributed by atoms with Crippen LogP contribution in [0.15, 0.2) is 12.1 Å². The summed E-state index contributed by atoms with van der Waals surface area (Å²) in [6, 6.07) is 3.11. The Labute approximate surface area is 87.6 Å². The highest BCUT2D eigenvalue weighted by Crippen LogP contribution is 2.26. The average Bonchev–Trinajstić information content (AvgIpc) is 2.26. The molecule has 82 valence electrons. The summed E-state index contributed by atoms with van der Waals surface area (Å²) in [4.78, 5) is 2.03. The fraction of sp³-hybridized carbons (Fsp3) is 0.400. The molecule has 0 bridgehead atoms. The summed E-state index contributed by atoms with van der Waals surface area (Å²) in [5, 5.41) is 0. The summed E-state index contributed by atoms with van der Waals surface area (Å²) in [7, 11) is 0. The second-order valence-electron chi connectivity index (χ2n) is 3.53. The van der Waals surface area contributed by atoms with Gasteiger partial charge in [0.15, 0.2) is 0 Å². The Bertz CT molecular complexity index is 341. The van der Waals surface area contributed by atoms with Crippen molar-refractivity contribution in [2.45, 2.75) is 0 Å². The molecular formula is C10H14FN3O. The Morgan fingerprint density at radius 3 is 2.47 bits per heavy atom. The van der Waals surface area contributed by atoms with Gasteiger partial charge < -0.3 is 21.1 Å². The molecule has 1 aromatic rings. The van der Waals surface area contributed by atoms with Crippen molar-refractivity contribution in [1.29, 1.82) is 0 Å². The van der Waals surface area contributed by atoms with Gasteiger partial charge in [0.1, 0.15) is 5.82 Å². The van der Waals surface area contributed by atoms with Crippen molar-refractivity contribution >= 4 is 17.1 Å². The van der Waals surface area contributed by atoms with Gasteiger partial charge in [-0.1, -0.05) is 0 Å². The summed E-state index contributed by atoms with van der Waals surface area (Å²) < 4.78 is 18.5. The zero-order chi connectivity index (χ0) is 10.8. The van der Waals surface area contributed by atoms with Crippen molar-refractivity contribution in [2.24, 2.45) is 0 Å². The van der Waals surface area contributed by atoms with E-state index in [4.69, 9.17) is 16.2 Å². The van der Waals surface area contributed by atoms with E-state index in [0.717, 1.165) is 18.8 Å². The molecule has 1 aliphatic rings. The van der Waals surface area contributed by atoms with Crippen LogP contribution in [0.4, 0.5) is 21.5 Å². The number of ether oxygens (including phenoxy) is 1. The number of benzene rings is 1. The first-order chi connectivity index (χ1) is 7.18. The molecule has 4 N–H and O–H groups in total. The van der Waals surface area contributed by atoms with Gasteiger partial charge in [-0.25, -0.2) is 4.39 Å². The molecule has 0 aliphatic carbocycles. The van der Waals surface area contributed by atoms with Crippen molar-refractivity contribution < 1.29 is 9.13 Å². The van der Waals surface area contributed by atoms with Crippen LogP contribution in [0.1, 0.15) is 0 Å². The predicted molar refractivity (Wildman–Crippen MR) is 58.3 cm³/mol. The van der Waals surface area contributed by atoms with Crippen molar-refractivity contribution in [2.75, 3.05) is 42.7 Å². The minimum Gasteiger partial charge on any atom is -0.397 e. The molecule has 2 rings (SSSR count). The highest BCUT2D eigenvalue weighted by Gasteiger charge is 2.14. The van der Waals surface area contributed by atoms with E-state index in [-0.39, 0.29) is 11.4 Å². The van der Waals surface area contributed by atoms with Crippen LogP contribution in [0, 0.1) is 5.82 Å². The molecule has 15 heavy (non-hydrogen) atoms. The van der Waals surface area contributed by atoms with Crippen LogP contribution in [0.5, 0.6) is 0 Å². The number of rotatable bonds is 1. The lowest BCUT2D eigenvalue weighted by Crippen LogP contribution is -2.36. The third kappa shape index (κ3) is 1.97. The minimum atomic E-state index is -0.462. The van der Waals surface area contributed by atoms with Gasteiger partial charge in [-0.3, -0.25) is 0 Å². The van der Waals surface area contributed by atoms with E-state index in [1.165, 1.54) is 6.07 Å². The topological polar surface area (TPSA) is 64.5 Å². The van der Waals surface area contributed by atoms with Crippen molar-refractivity contribution in [3.8, 4) is 0 Å². The lowest BCUT2D eigenvalue weighted by Gasteiger charge is -2.29. The third-order valence-electron chi connectivity index (χ3n) is 2.52. The average molecular weight is 211 g/mol. The molecule has 0 aromatic heterocycles. The van der Waals surface area contributed by atoms with Gasteiger partial charge in [-0.05, 0) is 12.1 Å². The fourth-order valence-electron chi connectivity index (χ4n) is 1.63. The molecular weight excluding hydrogens is 197 g/mol. The molecule has 0 amide bonds. The monoisotopic (exact) mass is 211 g/mol. The largest absolute Gasteiger partial charge is 0.397 e. The van der Waals surface area contributed by atoms with E-state index in [1.54, 1.807) is 6.07 Å². The lowest BCUT2D eigenvalue weighted by atomic mass is 10.2.